The number of anilines is 2. The van der Waals surface area contributed by atoms with Gasteiger partial charge in [-0.15, -0.1) is 0 Å². The lowest BCUT2D eigenvalue weighted by molar-refractivity contribution is 0.327. The van der Waals surface area contributed by atoms with Crippen molar-refractivity contribution in [3.05, 3.63) is 36.3 Å². The molecule has 1 saturated heterocycles. The van der Waals surface area contributed by atoms with Crippen molar-refractivity contribution in [3.63, 3.8) is 0 Å². The monoisotopic (exact) mass is 406 g/mol. The number of hydrogen-bond acceptors (Lipinski definition) is 9. The number of nitrogens with zero attached hydrogens (tertiary/aromatic N) is 6. The summed E-state index contributed by atoms with van der Waals surface area (Å²) in [6.45, 7) is 3.11. The predicted octanol–water partition coefficient (Wildman–Crippen LogP) is 2.25. The van der Waals surface area contributed by atoms with Gasteiger partial charge in [0.2, 0.25) is 5.75 Å². The van der Waals surface area contributed by atoms with Crippen LogP contribution in [0.5, 0.6) is 17.2 Å². The number of hydrogen-bond donors (Lipinski definition) is 0. The van der Waals surface area contributed by atoms with E-state index in [2.05, 4.69) is 30.8 Å². The van der Waals surface area contributed by atoms with Crippen molar-refractivity contribution in [2.75, 3.05) is 57.3 Å². The van der Waals surface area contributed by atoms with Gasteiger partial charge in [-0.1, -0.05) is 0 Å². The smallest absolute Gasteiger partial charge is 0.205 e. The minimum atomic E-state index is 0.508. The molecular weight excluding hydrogens is 384 g/mol. The molecule has 0 atom stereocenters. The molecule has 0 amide bonds. The van der Waals surface area contributed by atoms with E-state index in [0.29, 0.717) is 28.3 Å². The Kier molecular flexibility index (Phi) is 5.39. The van der Waals surface area contributed by atoms with Gasteiger partial charge in [0.25, 0.3) is 0 Å². The van der Waals surface area contributed by atoms with Crippen LogP contribution in [0, 0.1) is 11.3 Å². The third kappa shape index (κ3) is 3.37. The third-order valence-electron chi connectivity index (χ3n) is 5.19. The molecule has 1 aliphatic heterocycles. The molecule has 154 valence electrons. The second-order valence-electron chi connectivity index (χ2n) is 6.73. The predicted molar refractivity (Wildman–Crippen MR) is 113 cm³/mol. The van der Waals surface area contributed by atoms with Crippen molar-refractivity contribution in [1.82, 2.24) is 15.0 Å². The van der Waals surface area contributed by atoms with E-state index in [1.165, 1.54) is 0 Å². The molecule has 9 nitrogen and oxygen atoms in total. The van der Waals surface area contributed by atoms with Gasteiger partial charge < -0.3 is 24.0 Å². The summed E-state index contributed by atoms with van der Waals surface area (Å²) in [6.07, 6.45) is 3.15. The van der Waals surface area contributed by atoms with Crippen molar-refractivity contribution in [2.24, 2.45) is 0 Å². The Morgan fingerprint density at radius 1 is 0.900 bits per heavy atom. The normalized spacial score (nSPS) is 13.8. The number of piperazine rings is 1. The molecule has 1 fully saturated rings. The first-order chi connectivity index (χ1) is 14.7. The van der Waals surface area contributed by atoms with Crippen molar-refractivity contribution in [2.45, 2.75) is 0 Å². The van der Waals surface area contributed by atoms with Gasteiger partial charge in [0.1, 0.15) is 29.5 Å². The molecule has 0 saturated carbocycles. The fourth-order valence-corrected chi connectivity index (χ4v) is 3.69. The molecule has 0 unspecified atom stereocenters. The standard InChI is InChI=1S/C21H22N6O3/c1-28-16-10-15-18(20(30-3)19(16)29-2)24-13-25-21(15)27-8-6-26(7-9-27)17-5-4-14(11-22)12-23-17/h4-5,10,12-13H,6-9H2,1-3H3. The van der Waals surface area contributed by atoms with Gasteiger partial charge in [0.15, 0.2) is 11.5 Å². The second-order valence-corrected chi connectivity index (χ2v) is 6.73. The molecule has 1 aliphatic rings. The molecule has 30 heavy (non-hydrogen) atoms. The maximum atomic E-state index is 8.95. The van der Waals surface area contributed by atoms with Gasteiger partial charge in [0.05, 0.1) is 32.3 Å². The quantitative estimate of drug-likeness (QED) is 0.632. The summed E-state index contributed by atoms with van der Waals surface area (Å²) in [5.41, 5.74) is 1.24. The minimum absolute atomic E-state index is 0.508. The van der Waals surface area contributed by atoms with E-state index in [1.807, 2.05) is 12.1 Å². The fourth-order valence-electron chi connectivity index (χ4n) is 3.69. The molecule has 3 heterocycles. The summed E-state index contributed by atoms with van der Waals surface area (Å²) in [6, 6.07) is 7.66. The van der Waals surface area contributed by atoms with E-state index >= 15 is 0 Å². The van der Waals surface area contributed by atoms with Gasteiger partial charge in [-0.3, -0.25) is 0 Å². The first-order valence-electron chi connectivity index (χ1n) is 9.49. The van der Waals surface area contributed by atoms with Crippen molar-refractivity contribution >= 4 is 22.5 Å². The van der Waals surface area contributed by atoms with Gasteiger partial charge >= 0.3 is 0 Å². The van der Waals surface area contributed by atoms with Gasteiger partial charge in [-0.25, -0.2) is 15.0 Å². The Hall–Kier alpha value is -3.80. The van der Waals surface area contributed by atoms with E-state index in [0.717, 1.165) is 43.2 Å². The van der Waals surface area contributed by atoms with Gasteiger partial charge in [-0.2, -0.15) is 5.26 Å². The highest BCUT2D eigenvalue weighted by Crippen LogP contribution is 2.44. The SMILES string of the molecule is COc1cc2c(N3CCN(c4ccc(C#N)cn4)CC3)ncnc2c(OC)c1OC. The Morgan fingerprint density at radius 3 is 2.23 bits per heavy atom. The van der Waals surface area contributed by atoms with Crippen LogP contribution in [0.15, 0.2) is 30.7 Å². The third-order valence-corrected chi connectivity index (χ3v) is 5.19. The molecule has 9 heteroatoms. The van der Waals surface area contributed by atoms with E-state index in [4.69, 9.17) is 19.5 Å². The lowest BCUT2D eigenvalue weighted by atomic mass is 10.1. The summed E-state index contributed by atoms with van der Waals surface area (Å²) in [7, 11) is 4.75. The van der Waals surface area contributed by atoms with Crippen LogP contribution in [0.25, 0.3) is 10.9 Å². The van der Waals surface area contributed by atoms with E-state index in [9.17, 15) is 0 Å². The fraction of sp³-hybridized carbons (Fsp3) is 0.333. The number of rotatable bonds is 5. The number of aromatic nitrogens is 3. The summed E-state index contributed by atoms with van der Waals surface area (Å²) in [4.78, 5) is 17.8. The van der Waals surface area contributed by atoms with Gasteiger partial charge in [-0.05, 0) is 18.2 Å². The molecule has 4 rings (SSSR count). The topological polar surface area (TPSA) is 96.6 Å². The Morgan fingerprint density at radius 2 is 1.63 bits per heavy atom. The summed E-state index contributed by atoms with van der Waals surface area (Å²) >= 11 is 0. The maximum Gasteiger partial charge on any atom is 0.205 e. The molecule has 0 bridgehead atoms. The average molecular weight is 406 g/mol. The Bertz CT molecular complexity index is 1090. The lowest BCUT2D eigenvalue weighted by Gasteiger charge is -2.36. The molecule has 0 aliphatic carbocycles. The Labute approximate surface area is 174 Å². The zero-order valence-electron chi connectivity index (χ0n) is 17.1. The van der Waals surface area contributed by atoms with Crippen LogP contribution in [0.4, 0.5) is 11.6 Å². The van der Waals surface area contributed by atoms with Crippen LogP contribution in [0.3, 0.4) is 0 Å². The van der Waals surface area contributed by atoms with E-state index in [-0.39, 0.29) is 0 Å². The highest BCUT2D eigenvalue weighted by atomic mass is 16.5. The molecular formula is C21H22N6O3. The van der Waals surface area contributed by atoms with Gasteiger partial charge in [0, 0.05) is 32.4 Å². The number of fused-ring (bicyclic) bond motifs is 1. The number of ether oxygens (including phenoxy) is 3. The van der Waals surface area contributed by atoms with Crippen molar-refractivity contribution in [3.8, 4) is 23.3 Å². The van der Waals surface area contributed by atoms with Crippen LogP contribution in [0.1, 0.15) is 5.56 Å². The highest BCUT2D eigenvalue weighted by molar-refractivity contribution is 5.97. The van der Waals surface area contributed by atoms with E-state index in [1.54, 1.807) is 39.9 Å². The molecule has 0 N–H and O–H groups in total. The summed E-state index contributed by atoms with van der Waals surface area (Å²) in [5.74, 6) is 3.30. The van der Waals surface area contributed by atoms with Crippen LogP contribution in [-0.4, -0.2) is 62.5 Å². The Balaban J connectivity index is 1.63. The number of methoxy groups -OCH3 is 3. The molecule has 3 aromatic rings. The summed E-state index contributed by atoms with van der Waals surface area (Å²) in [5, 5.41) is 9.79. The highest BCUT2D eigenvalue weighted by Gasteiger charge is 2.24. The number of benzene rings is 1. The molecule has 0 spiro atoms. The van der Waals surface area contributed by atoms with Crippen LogP contribution in [-0.2, 0) is 0 Å². The maximum absolute atomic E-state index is 8.95. The lowest BCUT2D eigenvalue weighted by Crippen LogP contribution is -2.47. The second kappa shape index (κ2) is 8.29. The largest absolute Gasteiger partial charge is 0.493 e. The number of nitriles is 1. The average Bonchev–Trinajstić information content (AvgIpc) is 2.82. The first-order valence-corrected chi connectivity index (χ1v) is 9.49. The number of pyridine rings is 1. The van der Waals surface area contributed by atoms with Crippen molar-refractivity contribution < 1.29 is 14.2 Å². The molecule has 0 radical (unpaired) electrons. The molecule has 2 aromatic heterocycles. The zero-order valence-corrected chi connectivity index (χ0v) is 17.1. The molecule has 1 aromatic carbocycles. The zero-order chi connectivity index (χ0) is 21.1. The van der Waals surface area contributed by atoms with Crippen LogP contribution in [0.2, 0.25) is 0 Å². The van der Waals surface area contributed by atoms with E-state index < -0.39 is 0 Å². The van der Waals surface area contributed by atoms with Crippen molar-refractivity contribution in [1.29, 1.82) is 5.26 Å². The first kappa shape index (κ1) is 19.5. The summed E-state index contributed by atoms with van der Waals surface area (Å²) < 4.78 is 16.6. The van der Waals surface area contributed by atoms with Crippen LogP contribution < -0.4 is 24.0 Å². The minimum Gasteiger partial charge on any atom is -0.493 e. The van der Waals surface area contributed by atoms with Crippen LogP contribution >= 0.6 is 0 Å².